The number of hydrogen-bond acceptors (Lipinski definition) is 5. The Morgan fingerprint density at radius 3 is 2.30 bits per heavy atom. The number of ketones is 2. The molecule has 0 aliphatic heterocycles. The summed E-state index contributed by atoms with van der Waals surface area (Å²) in [6, 6.07) is 6.91. The summed E-state index contributed by atoms with van der Waals surface area (Å²) in [4.78, 5) is 33.8. The second-order valence-corrected chi connectivity index (χ2v) is 4.94. The van der Waals surface area contributed by atoms with Gasteiger partial charge in [-0.05, 0) is 12.5 Å². The molecule has 1 aromatic carbocycles. The lowest BCUT2D eigenvalue weighted by Crippen LogP contribution is -2.05. The molecule has 0 atom stereocenters. The third-order valence-corrected chi connectivity index (χ3v) is 3.25. The molecule has 0 unspecified atom stereocenters. The lowest BCUT2D eigenvalue weighted by molar-refractivity contribution is -0.135. The molecule has 0 bridgehead atoms. The molecule has 6 heteroatoms. The molecule has 2 rings (SSSR count). The number of carbonyl (C=O) groups excluding carboxylic acids is 2. The summed E-state index contributed by atoms with van der Waals surface area (Å²) < 4.78 is 5.01. The van der Waals surface area contributed by atoms with Crippen molar-refractivity contribution in [3.8, 4) is 0 Å². The molecule has 6 nitrogen and oxygen atoms in total. The van der Waals surface area contributed by atoms with Gasteiger partial charge in [0.2, 0.25) is 5.76 Å². The summed E-state index contributed by atoms with van der Waals surface area (Å²) in [6.45, 7) is 1.48. The fourth-order valence-corrected chi connectivity index (χ4v) is 2.02. The van der Waals surface area contributed by atoms with E-state index in [1.54, 1.807) is 24.3 Å². The molecule has 0 saturated heterocycles. The van der Waals surface area contributed by atoms with Gasteiger partial charge in [0.15, 0.2) is 11.6 Å². The first-order chi connectivity index (χ1) is 10.9. The highest BCUT2D eigenvalue weighted by Crippen LogP contribution is 2.18. The Bertz CT molecular complexity index is 780. The average Bonchev–Trinajstić information content (AvgIpc) is 2.95. The van der Waals surface area contributed by atoms with E-state index in [2.05, 4.69) is 0 Å². The van der Waals surface area contributed by atoms with Crippen LogP contribution >= 0.6 is 0 Å². The van der Waals surface area contributed by atoms with Crippen LogP contribution in [0.4, 0.5) is 0 Å². The van der Waals surface area contributed by atoms with Crippen LogP contribution in [0.1, 0.15) is 38.8 Å². The first-order valence-electron chi connectivity index (χ1n) is 6.71. The molecule has 2 N–H and O–H groups in total. The Balaban J connectivity index is 2.21. The molecule has 23 heavy (non-hydrogen) atoms. The van der Waals surface area contributed by atoms with Crippen LogP contribution in [0, 0.1) is 0 Å². The Morgan fingerprint density at radius 2 is 1.74 bits per heavy atom. The van der Waals surface area contributed by atoms with E-state index in [4.69, 9.17) is 14.6 Å². The number of aliphatic hydroxyl groups excluding tert-OH is 1. The minimum Gasteiger partial charge on any atom is -0.502 e. The van der Waals surface area contributed by atoms with Crippen LogP contribution in [0.25, 0.3) is 0 Å². The Morgan fingerprint density at radius 1 is 1.09 bits per heavy atom. The van der Waals surface area contributed by atoms with Crippen LogP contribution in [0.5, 0.6) is 0 Å². The number of hydrogen-bond donors (Lipinski definition) is 2. The van der Waals surface area contributed by atoms with Crippen LogP contribution < -0.4 is 0 Å². The second-order valence-electron chi connectivity index (χ2n) is 4.94. The van der Waals surface area contributed by atoms with Crippen LogP contribution in [-0.2, 0) is 11.2 Å². The minimum atomic E-state index is -1.58. The van der Waals surface area contributed by atoms with Gasteiger partial charge in [0, 0.05) is 23.6 Å². The summed E-state index contributed by atoms with van der Waals surface area (Å²) in [5.74, 6) is -3.31. The summed E-state index contributed by atoms with van der Waals surface area (Å²) in [6.07, 6.45) is 3.60. The molecule has 2 aromatic rings. The highest BCUT2D eigenvalue weighted by atomic mass is 16.4. The summed E-state index contributed by atoms with van der Waals surface area (Å²) in [5.41, 5.74) is 2.18. The number of carbonyl (C=O) groups is 3. The van der Waals surface area contributed by atoms with Crippen molar-refractivity contribution < 1.29 is 29.0 Å². The molecule has 0 saturated carbocycles. The summed E-state index contributed by atoms with van der Waals surface area (Å²) in [5, 5.41) is 17.7. The maximum absolute atomic E-state index is 12.0. The van der Waals surface area contributed by atoms with Crippen molar-refractivity contribution in [3.05, 3.63) is 70.9 Å². The maximum Gasteiger partial charge on any atom is 0.371 e. The van der Waals surface area contributed by atoms with Gasteiger partial charge in [-0.15, -0.1) is 0 Å². The number of aliphatic carboxylic acids is 1. The quantitative estimate of drug-likeness (QED) is 0.482. The van der Waals surface area contributed by atoms with Gasteiger partial charge in [-0.2, -0.15) is 0 Å². The van der Waals surface area contributed by atoms with E-state index in [1.165, 1.54) is 19.5 Å². The Hall–Kier alpha value is -3.15. The molecule has 1 heterocycles. The zero-order valence-electron chi connectivity index (χ0n) is 12.3. The molecule has 0 amide bonds. The van der Waals surface area contributed by atoms with E-state index in [1.807, 2.05) is 0 Å². The first-order valence-corrected chi connectivity index (χ1v) is 6.71. The molecule has 0 fully saturated rings. The average molecular weight is 314 g/mol. The SMILES string of the molecule is CC(=O)c1ccc(Cc2cocc2C(=O)/C=C(\O)C(=O)O)cc1. The number of rotatable bonds is 6. The minimum absolute atomic E-state index is 0.0370. The number of carboxylic acid groups (broad SMARTS) is 1. The van der Waals surface area contributed by atoms with E-state index in [-0.39, 0.29) is 11.3 Å². The van der Waals surface area contributed by atoms with E-state index in [9.17, 15) is 14.4 Å². The number of Topliss-reactive ketones (excluding diaryl/α,β-unsaturated/α-hetero) is 1. The van der Waals surface area contributed by atoms with E-state index < -0.39 is 17.5 Å². The molecule has 0 radical (unpaired) electrons. The zero-order valence-corrected chi connectivity index (χ0v) is 12.3. The van der Waals surface area contributed by atoms with Gasteiger partial charge >= 0.3 is 5.97 Å². The summed E-state index contributed by atoms with van der Waals surface area (Å²) in [7, 11) is 0. The van der Waals surface area contributed by atoms with Crippen molar-refractivity contribution in [1.29, 1.82) is 0 Å². The number of aliphatic hydroxyl groups is 1. The van der Waals surface area contributed by atoms with Crippen molar-refractivity contribution in [1.82, 2.24) is 0 Å². The normalized spacial score (nSPS) is 11.3. The largest absolute Gasteiger partial charge is 0.502 e. The molecule has 0 aliphatic rings. The van der Waals surface area contributed by atoms with Gasteiger partial charge in [0.25, 0.3) is 0 Å². The zero-order chi connectivity index (χ0) is 17.0. The Labute approximate surface area is 131 Å². The van der Waals surface area contributed by atoms with Crippen molar-refractivity contribution in [2.75, 3.05) is 0 Å². The van der Waals surface area contributed by atoms with E-state index in [0.29, 0.717) is 23.6 Å². The standard InChI is InChI=1S/C17H14O6/c1-10(18)12-4-2-11(3-5-12)6-13-8-23-9-14(13)15(19)7-16(20)17(21)22/h2-5,7-9,20H,6H2,1H3,(H,21,22)/b16-7-. The van der Waals surface area contributed by atoms with E-state index >= 15 is 0 Å². The molecule has 0 aliphatic carbocycles. The molecule has 118 valence electrons. The van der Waals surface area contributed by atoms with Gasteiger partial charge in [-0.3, -0.25) is 9.59 Å². The van der Waals surface area contributed by atoms with Crippen LogP contribution in [-0.4, -0.2) is 27.7 Å². The summed E-state index contributed by atoms with van der Waals surface area (Å²) >= 11 is 0. The highest BCUT2D eigenvalue weighted by Gasteiger charge is 2.15. The van der Waals surface area contributed by atoms with Crippen LogP contribution in [0.3, 0.4) is 0 Å². The topological polar surface area (TPSA) is 105 Å². The van der Waals surface area contributed by atoms with Crippen LogP contribution in [0.2, 0.25) is 0 Å². The van der Waals surface area contributed by atoms with Gasteiger partial charge in [0.05, 0.1) is 11.8 Å². The third-order valence-electron chi connectivity index (χ3n) is 3.25. The van der Waals surface area contributed by atoms with E-state index in [0.717, 1.165) is 5.56 Å². The third kappa shape index (κ3) is 3.94. The van der Waals surface area contributed by atoms with Gasteiger partial charge < -0.3 is 14.6 Å². The van der Waals surface area contributed by atoms with Gasteiger partial charge in [0.1, 0.15) is 6.26 Å². The predicted molar refractivity (Wildman–Crippen MR) is 80.6 cm³/mol. The van der Waals surface area contributed by atoms with Crippen molar-refractivity contribution >= 4 is 17.5 Å². The number of allylic oxidation sites excluding steroid dienone is 1. The Kier molecular flexibility index (Phi) is 4.75. The first kappa shape index (κ1) is 16.2. The maximum atomic E-state index is 12.0. The predicted octanol–water partition coefficient (Wildman–Crippen LogP) is 2.78. The molecule has 1 aromatic heterocycles. The lowest BCUT2D eigenvalue weighted by Gasteiger charge is -2.02. The monoisotopic (exact) mass is 314 g/mol. The fraction of sp³-hybridized carbons (Fsp3) is 0.118. The van der Waals surface area contributed by atoms with Gasteiger partial charge in [-0.25, -0.2) is 4.79 Å². The molecule has 0 spiro atoms. The van der Waals surface area contributed by atoms with Crippen molar-refractivity contribution in [2.45, 2.75) is 13.3 Å². The van der Waals surface area contributed by atoms with Crippen molar-refractivity contribution in [2.24, 2.45) is 0 Å². The number of furan rings is 1. The lowest BCUT2D eigenvalue weighted by atomic mass is 10.00. The second kappa shape index (κ2) is 6.74. The smallest absolute Gasteiger partial charge is 0.371 e. The molecular weight excluding hydrogens is 300 g/mol. The van der Waals surface area contributed by atoms with Crippen LogP contribution in [0.15, 0.2) is 53.0 Å². The molecular formula is C17H14O6. The number of benzene rings is 1. The van der Waals surface area contributed by atoms with Crippen molar-refractivity contribution in [3.63, 3.8) is 0 Å². The number of carboxylic acids is 1. The fourth-order valence-electron chi connectivity index (χ4n) is 2.02. The van der Waals surface area contributed by atoms with Gasteiger partial charge in [-0.1, -0.05) is 24.3 Å². The highest BCUT2D eigenvalue weighted by molar-refractivity contribution is 6.08.